The van der Waals surface area contributed by atoms with E-state index in [0.29, 0.717) is 30.0 Å². The number of aryl methyl sites for hydroxylation is 1. The van der Waals surface area contributed by atoms with Crippen molar-refractivity contribution in [3.8, 4) is 6.07 Å². The van der Waals surface area contributed by atoms with Crippen molar-refractivity contribution in [3.63, 3.8) is 0 Å². The first-order valence-electron chi connectivity index (χ1n) is 16.6. The van der Waals surface area contributed by atoms with Gasteiger partial charge in [0, 0.05) is 88.5 Å². The summed E-state index contributed by atoms with van der Waals surface area (Å²) in [6, 6.07) is 8.59. The lowest BCUT2D eigenvalue weighted by Crippen LogP contribution is -2.42. The van der Waals surface area contributed by atoms with E-state index >= 15 is 0 Å². The maximum Gasteiger partial charge on any atom is 0.338 e. The fraction of sp³-hybridized carbons (Fsp3) is 0.529. The molecule has 6 heterocycles. The maximum absolute atomic E-state index is 12.4. The third-order valence-electron chi connectivity index (χ3n) is 10.3. The van der Waals surface area contributed by atoms with Crippen molar-refractivity contribution in [1.29, 1.82) is 5.26 Å². The Kier molecular flexibility index (Phi) is 8.34. The van der Waals surface area contributed by atoms with Crippen LogP contribution in [0.3, 0.4) is 0 Å². The number of carbonyl (C=O) groups excluding carboxylic acids is 1. The number of benzene rings is 1. The molecular formula is C34H41N9O3. The van der Waals surface area contributed by atoms with Gasteiger partial charge in [0.25, 0.3) is 0 Å². The first kappa shape index (κ1) is 30.2. The lowest BCUT2D eigenvalue weighted by molar-refractivity contribution is -0.129. The average molecular weight is 624 g/mol. The molecular weight excluding hydrogens is 582 g/mol. The molecule has 0 radical (unpaired) electrons. The van der Waals surface area contributed by atoms with Crippen LogP contribution in [-0.4, -0.2) is 92.3 Å². The van der Waals surface area contributed by atoms with E-state index in [4.69, 9.17) is 10.2 Å². The molecule has 7 rings (SSSR count). The number of rotatable bonds is 6. The van der Waals surface area contributed by atoms with Crippen LogP contribution in [0.4, 0.5) is 17.5 Å². The molecule has 0 atom stereocenters. The Bertz CT molecular complexity index is 1650. The maximum atomic E-state index is 12.4. The highest BCUT2D eigenvalue weighted by atomic mass is 16.4. The second-order valence-electron chi connectivity index (χ2n) is 13.1. The molecule has 12 nitrogen and oxygen atoms in total. The Balaban J connectivity index is 1.02. The highest BCUT2D eigenvalue weighted by molar-refractivity contribution is 5.86. The van der Waals surface area contributed by atoms with Crippen LogP contribution in [0.5, 0.6) is 0 Å². The minimum atomic E-state index is -1.01. The second kappa shape index (κ2) is 12.7. The molecule has 2 fully saturated rings. The number of amides is 1. The number of aromatic carboxylic acids is 1. The van der Waals surface area contributed by atoms with Gasteiger partial charge in [0.15, 0.2) is 5.82 Å². The molecule has 2 aromatic heterocycles. The number of hydrogen-bond acceptors (Lipinski definition) is 9. The molecule has 0 saturated carbocycles. The van der Waals surface area contributed by atoms with Gasteiger partial charge < -0.3 is 24.7 Å². The lowest BCUT2D eigenvalue weighted by atomic mass is 9.94. The number of likely N-dealkylation sites (tertiary alicyclic amines) is 1. The highest BCUT2D eigenvalue weighted by Gasteiger charge is 2.34. The molecule has 0 unspecified atom stereocenters. The van der Waals surface area contributed by atoms with E-state index in [1.165, 1.54) is 29.2 Å². The molecule has 1 amide bonds. The number of fused-ring (bicyclic) bond motifs is 2. The largest absolute Gasteiger partial charge is 0.478 e. The monoisotopic (exact) mass is 623 g/mol. The predicted octanol–water partition coefficient (Wildman–Crippen LogP) is 3.79. The molecule has 46 heavy (non-hydrogen) atoms. The molecule has 4 aliphatic rings. The van der Waals surface area contributed by atoms with Crippen LogP contribution in [0, 0.1) is 17.2 Å². The van der Waals surface area contributed by atoms with Crippen molar-refractivity contribution in [2.45, 2.75) is 64.5 Å². The number of anilines is 3. The van der Waals surface area contributed by atoms with Gasteiger partial charge in [-0.05, 0) is 68.2 Å². The Morgan fingerprint density at radius 1 is 1.00 bits per heavy atom. The number of nitrogens with zero attached hydrogens (tertiary/aromatic N) is 9. The van der Waals surface area contributed by atoms with Crippen molar-refractivity contribution in [3.05, 3.63) is 58.5 Å². The molecule has 240 valence electrons. The topological polar surface area (TPSA) is 135 Å². The summed E-state index contributed by atoms with van der Waals surface area (Å²) in [7, 11) is 0. The van der Waals surface area contributed by atoms with Gasteiger partial charge in [-0.3, -0.25) is 9.48 Å². The number of aromatic nitrogens is 4. The van der Waals surface area contributed by atoms with Gasteiger partial charge in [-0.2, -0.15) is 10.4 Å². The Morgan fingerprint density at radius 2 is 1.76 bits per heavy atom. The number of piperidine rings is 2. The molecule has 0 spiro atoms. The third kappa shape index (κ3) is 5.91. The van der Waals surface area contributed by atoms with Crippen molar-refractivity contribution in [2.75, 3.05) is 55.6 Å². The van der Waals surface area contributed by atoms with E-state index in [0.717, 1.165) is 102 Å². The fourth-order valence-electron chi connectivity index (χ4n) is 7.72. The minimum absolute atomic E-state index is 0.102. The van der Waals surface area contributed by atoms with E-state index < -0.39 is 5.97 Å². The van der Waals surface area contributed by atoms with Crippen LogP contribution in [0.15, 0.2) is 30.6 Å². The van der Waals surface area contributed by atoms with E-state index in [-0.39, 0.29) is 11.5 Å². The van der Waals surface area contributed by atoms with E-state index in [9.17, 15) is 14.9 Å². The summed E-state index contributed by atoms with van der Waals surface area (Å²) in [6.07, 6.45) is 9.78. The van der Waals surface area contributed by atoms with Gasteiger partial charge in [-0.15, -0.1) is 0 Å². The summed E-state index contributed by atoms with van der Waals surface area (Å²) in [5.74, 6) is 1.29. The second-order valence-corrected chi connectivity index (χ2v) is 13.1. The first-order valence-corrected chi connectivity index (χ1v) is 16.6. The Labute approximate surface area is 269 Å². The van der Waals surface area contributed by atoms with Gasteiger partial charge in [0.1, 0.15) is 0 Å². The van der Waals surface area contributed by atoms with Gasteiger partial charge in [0.05, 0.1) is 29.8 Å². The number of carbonyl (C=O) groups is 2. The standard InChI is InChI=1S/C34H41N9O3/c1-23(44)41-16-10-31-29(22-41)32(42-11-2-3-26-17-25(18-35)4-5-30(26)42)38-43(31)28-8-12-39(13-9-28)21-24-6-14-40(15-7-24)34-36-19-27(20-37-34)33(45)46/h4-5,17,19-20,24,28H,2-3,6-16,21-22H2,1H3,(H,45,46). The molecule has 4 aliphatic heterocycles. The minimum Gasteiger partial charge on any atom is -0.478 e. The van der Waals surface area contributed by atoms with Crippen LogP contribution in [0.2, 0.25) is 0 Å². The molecule has 0 aliphatic carbocycles. The summed E-state index contributed by atoms with van der Waals surface area (Å²) in [4.78, 5) is 41.1. The van der Waals surface area contributed by atoms with Crippen LogP contribution >= 0.6 is 0 Å². The number of hydrogen-bond donors (Lipinski definition) is 1. The summed E-state index contributed by atoms with van der Waals surface area (Å²) >= 11 is 0. The van der Waals surface area contributed by atoms with Crippen molar-refractivity contribution >= 4 is 29.3 Å². The third-order valence-corrected chi connectivity index (χ3v) is 10.3. The normalized spacial score (nSPS) is 19.4. The lowest BCUT2D eigenvalue weighted by Gasteiger charge is -2.38. The molecule has 1 aromatic carbocycles. The SMILES string of the molecule is CC(=O)N1CCc2c(c(N3CCCc4cc(C#N)ccc43)nn2C2CCN(CC3CCN(c4ncc(C(=O)O)cn4)CC3)CC2)C1. The first-order chi connectivity index (χ1) is 22.4. The smallest absolute Gasteiger partial charge is 0.338 e. The summed E-state index contributed by atoms with van der Waals surface area (Å²) < 4.78 is 2.31. The van der Waals surface area contributed by atoms with Gasteiger partial charge >= 0.3 is 5.97 Å². The van der Waals surface area contributed by atoms with E-state index in [2.05, 4.69) is 41.5 Å². The van der Waals surface area contributed by atoms with Gasteiger partial charge in [0.2, 0.25) is 11.9 Å². The van der Waals surface area contributed by atoms with Gasteiger partial charge in [-0.25, -0.2) is 14.8 Å². The van der Waals surface area contributed by atoms with Crippen LogP contribution in [-0.2, 0) is 24.2 Å². The van der Waals surface area contributed by atoms with Crippen molar-refractivity contribution < 1.29 is 14.7 Å². The number of nitriles is 1. The summed E-state index contributed by atoms with van der Waals surface area (Å²) in [5.41, 5.74) is 5.57. The quantitative estimate of drug-likeness (QED) is 0.432. The Hall–Kier alpha value is -4.50. The van der Waals surface area contributed by atoms with Gasteiger partial charge in [-0.1, -0.05) is 0 Å². The fourth-order valence-corrected chi connectivity index (χ4v) is 7.72. The van der Waals surface area contributed by atoms with E-state index in [1.807, 2.05) is 17.0 Å². The number of carboxylic acids is 1. The van der Waals surface area contributed by atoms with Crippen LogP contribution < -0.4 is 9.80 Å². The zero-order valence-corrected chi connectivity index (χ0v) is 26.4. The van der Waals surface area contributed by atoms with E-state index in [1.54, 1.807) is 6.92 Å². The molecule has 0 bridgehead atoms. The summed E-state index contributed by atoms with van der Waals surface area (Å²) in [6.45, 7) is 8.77. The molecule has 12 heteroatoms. The zero-order chi connectivity index (χ0) is 31.8. The molecule has 2 saturated heterocycles. The number of carboxylic acid groups (broad SMARTS) is 1. The average Bonchev–Trinajstić information content (AvgIpc) is 3.47. The van der Waals surface area contributed by atoms with Crippen molar-refractivity contribution in [1.82, 2.24) is 29.5 Å². The highest BCUT2D eigenvalue weighted by Crippen LogP contribution is 2.40. The predicted molar refractivity (Wildman–Crippen MR) is 172 cm³/mol. The Morgan fingerprint density at radius 3 is 2.46 bits per heavy atom. The molecule has 1 N–H and O–H groups in total. The van der Waals surface area contributed by atoms with Crippen LogP contribution in [0.25, 0.3) is 0 Å². The van der Waals surface area contributed by atoms with Crippen LogP contribution in [0.1, 0.15) is 77.8 Å². The summed E-state index contributed by atoms with van der Waals surface area (Å²) in [5, 5.41) is 23.9. The molecule has 3 aromatic rings. The zero-order valence-electron chi connectivity index (χ0n) is 26.4. The van der Waals surface area contributed by atoms with Crippen molar-refractivity contribution in [2.24, 2.45) is 5.92 Å².